The summed E-state index contributed by atoms with van der Waals surface area (Å²) in [5.41, 5.74) is 2.54. The van der Waals surface area contributed by atoms with E-state index in [-0.39, 0.29) is 17.7 Å². The maximum Gasteiger partial charge on any atom is 0.256 e. The number of carbonyl (C=O) groups excluding carboxylic acids is 2. The highest BCUT2D eigenvalue weighted by atomic mass is 32.2. The summed E-state index contributed by atoms with van der Waals surface area (Å²) in [5, 5.41) is 4.72. The Balaban J connectivity index is 1.37. The number of pyridine rings is 1. The van der Waals surface area contributed by atoms with Gasteiger partial charge >= 0.3 is 0 Å². The standard InChI is InChI=1S/C24H32N4O3S/c1-16-6-5-11-28(14-16)23(29)19-8-12-27(13-9-19)24(30)20-7-4-10-25-22(20)32-15-21-17(2)26-31-18(21)3/h4,7,10,16,19H,5-6,8-9,11-15H2,1-3H3. The summed E-state index contributed by atoms with van der Waals surface area (Å²) in [6, 6.07) is 3.65. The number of hydrogen-bond acceptors (Lipinski definition) is 6. The summed E-state index contributed by atoms with van der Waals surface area (Å²) in [7, 11) is 0. The topological polar surface area (TPSA) is 79.5 Å². The number of hydrogen-bond donors (Lipinski definition) is 0. The van der Waals surface area contributed by atoms with Gasteiger partial charge in [-0.05, 0) is 57.6 Å². The third-order valence-electron chi connectivity index (χ3n) is 6.64. The van der Waals surface area contributed by atoms with Gasteiger partial charge in [0, 0.05) is 49.6 Å². The molecule has 0 aromatic carbocycles. The molecule has 2 amide bonds. The van der Waals surface area contributed by atoms with E-state index in [1.165, 1.54) is 18.2 Å². The zero-order chi connectivity index (χ0) is 22.7. The lowest BCUT2D eigenvalue weighted by molar-refractivity contribution is -0.138. The zero-order valence-corrected chi connectivity index (χ0v) is 20.0. The predicted molar refractivity (Wildman–Crippen MR) is 123 cm³/mol. The van der Waals surface area contributed by atoms with Crippen LogP contribution in [0.25, 0.3) is 0 Å². The molecular weight excluding hydrogens is 424 g/mol. The highest BCUT2D eigenvalue weighted by Gasteiger charge is 2.32. The van der Waals surface area contributed by atoms with Crippen LogP contribution in [-0.2, 0) is 10.5 Å². The molecule has 8 heteroatoms. The first-order chi connectivity index (χ1) is 15.4. The first-order valence-electron chi connectivity index (χ1n) is 11.5. The van der Waals surface area contributed by atoms with Crippen molar-refractivity contribution in [2.24, 2.45) is 11.8 Å². The molecule has 4 heterocycles. The van der Waals surface area contributed by atoms with E-state index in [0.717, 1.165) is 54.4 Å². The van der Waals surface area contributed by atoms with Crippen molar-refractivity contribution in [1.29, 1.82) is 0 Å². The fourth-order valence-corrected chi connectivity index (χ4v) is 5.80. The zero-order valence-electron chi connectivity index (χ0n) is 19.2. The van der Waals surface area contributed by atoms with E-state index in [0.29, 0.717) is 30.3 Å². The Hall–Kier alpha value is -2.35. The van der Waals surface area contributed by atoms with Gasteiger partial charge in [-0.1, -0.05) is 12.1 Å². The van der Waals surface area contributed by atoms with Gasteiger partial charge in [0.1, 0.15) is 10.8 Å². The number of thioether (sulfide) groups is 1. The van der Waals surface area contributed by atoms with Crippen molar-refractivity contribution in [3.05, 3.63) is 40.9 Å². The van der Waals surface area contributed by atoms with Crippen LogP contribution in [0.2, 0.25) is 0 Å². The molecule has 0 bridgehead atoms. The van der Waals surface area contributed by atoms with E-state index in [4.69, 9.17) is 4.52 Å². The molecule has 0 spiro atoms. The Morgan fingerprint density at radius 3 is 2.62 bits per heavy atom. The number of aromatic nitrogens is 2. The van der Waals surface area contributed by atoms with Crippen LogP contribution in [0, 0.1) is 25.7 Å². The first-order valence-corrected chi connectivity index (χ1v) is 12.5. The SMILES string of the molecule is Cc1noc(C)c1CSc1ncccc1C(=O)N1CCC(C(=O)N2CCCC(C)C2)CC1. The van der Waals surface area contributed by atoms with Crippen molar-refractivity contribution in [2.45, 2.75) is 57.2 Å². The fourth-order valence-electron chi connectivity index (χ4n) is 4.66. The smallest absolute Gasteiger partial charge is 0.256 e. The molecule has 2 aromatic rings. The van der Waals surface area contributed by atoms with E-state index in [1.807, 2.05) is 29.7 Å². The summed E-state index contributed by atoms with van der Waals surface area (Å²) < 4.78 is 5.25. The molecule has 1 unspecified atom stereocenters. The number of nitrogens with zero attached hydrogens (tertiary/aromatic N) is 4. The highest BCUT2D eigenvalue weighted by Crippen LogP contribution is 2.29. The lowest BCUT2D eigenvalue weighted by Crippen LogP contribution is -2.47. The predicted octanol–water partition coefficient (Wildman–Crippen LogP) is 4.09. The Labute approximate surface area is 193 Å². The van der Waals surface area contributed by atoms with E-state index in [2.05, 4.69) is 17.1 Å². The van der Waals surface area contributed by atoms with Gasteiger partial charge in [0.2, 0.25) is 5.91 Å². The maximum absolute atomic E-state index is 13.3. The Bertz CT molecular complexity index is 948. The molecule has 2 aromatic heterocycles. The number of piperidine rings is 2. The Morgan fingerprint density at radius 1 is 1.16 bits per heavy atom. The Kier molecular flexibility index (Phi) is 7.18. The van der Waals surface area contributed by atoms with Gasteiger partial charge < -0.3 is 14.3 Å². The summed E-state index contributed by atoms with van der Waals surface area (Å²) in [4.78, 5) is 34.6. The molecule has 2 fully saturated rings. The van der Waals surface area contributed by atoms with E-state index >= 15 is 0 Å². The monoisotopic (exact) mass is 456 g/mol. The third kappa shape index (κ3) is 5.00. The van der Waals surface area contributed by atoms with Gasteiger partial charge in [-0.25, -0.2) is 4.98 Å². The van der Waals surface area contributed by atoms with Crippen LogP contribution in [0.15, 0.2) is 27.9 Å². The van der Waals surface area contributed by atoms with Crippen LogP contribution in [0.5, 0.6) is 0 Å². The molecule has 2 saturated heterocycles. The van der Waals surface area contributed by atoms with Gasteiger partial charge in [-0.3, -0.25) is 9.59 Å². The molecule has 32 heavy (non-hydrogen) atoms. The molecule has 1 atom stereocenters. The molecule has 0 aliphatic carbocycles. The Morgan fingerprint density at radius 2 is 1.94 bits per heavy atom. The van der Waals surface area contributed by atoms with E-state index in [9.17, 15) is 9.59 Å². The molecule has 2 aliphatic rings. The van der Waals surface area contributed by atoms with Gasteiger partial charge in [0.25, 0.3) is 5.91 Å². The lowest BCUT2D eigenvalue weighted by atomic mass is 9.92. The number of carbonyl (C=O) groups is 2. The molecule has 4 rings (SSSR count). The molecule has 0 radical (unpaired) electrons. The fraction of sp³-hybridized carbons (Fsp3) is 0.583. The van der Waals surface area contributed by atoms with Crippen LogP contribution < -0.4 is 0 Å². The number of amides is 2. The second-order valence-corrected chi connectivity index (χ2v) is 10.0. The van der Waals surface area contributed by atoms with Crippen molar-refractivity contribution < 1.29 is 14.1 Å². The van der Waals surface area contributed by atoms with Crippen LogP contribution in [0.1, 0.15) is 60.0 Å². The van der Waals surface area contributed by atoms with Crippen LogP contribution in [-0.4, -0.2) is 57.9 Å². The van der Waals surface area contributed by atoms with Crippen LogP contribution in [0.4, 0.5) is 0 Å². The van der Waals surface area contributed by atoms with E-state index < -0.39 is 0 Å². The summed E-state index contributed by atoms with van der Waals surface area (Å²) >= 11 is 1.53. The normalized spacial score (nSPS) is 19.9. The summed E-state index contributed by atoms with van der Waals surface area (Å²) in [6.07, 6.45) is 5.49. The second-order valence-electron chi connectivity index (χ2n) is 9.05. The average molecular weight is 457 g/mol. The minimum Gasteiger partial charge on any atom is -0.361 e. The van der Waals surface area contributed by atoms with Crippen LogP contribution >= 0.6 is 11.8 Å². The van der Waals surface area contributed by atoms with E-state index in [1.54, 1.807) is 12.3 Å². The number of rotatable bonds is 5. The van der Waals surface area contributed by atoms with Crippen molar-refractivity contribution >= 4 is 23.6 Å². The second kappa shape index (κ2) is 10.1. The van der Waals surface area contributed by atoms with Crippen molar-refractivity contribution in [3.8, 4) is 0 Å². The largest absolute Gasteiger partial charge is 0.361 e. The van der Waals surface area contributed by atoms with Crippen molar-refractivity contribution in [1.82, 2.24) is 19.9 Å². The molecule has 0 saturated carbocycles. The molecular formula is C24H32N4O3S. The quantitative estimate of drug-likeness (QED) is 0.631. The van der Waals surface area contributed by atoms with Crippen molar-refractivity contribution in [3.63, 3.8) is 0 Å². The number of likely N-dealkylation sites (tertiary alicyclic amines) is 2. The molecule has 172 valence electrons. The van der Waals surface area contributed by atoms with Crippen LogP contribution in [0.3, 0.4) is 0 Å². The minimum absolute atomic E-state index is 0.00291. The minimum atomic E-state index is -0.00291. The van der Waals surface area contributed by atoms with Crippen molar-refractivity contribution in [2.75, 3.05) is 26.2 Å². The molecule has 0 N–H and O–H groups in total. The first kappa shape index (κ1) is 22.8. The van der Waals surface area contributed by atoms with Gasteiger partial charge in [0.05, 0.1) is 11.3 Å². The van der Waals surface area contributed by atoms with Gasteiger partial charge in [0.15, 0.2) is 0 Å². The molecule has 7 nitrogen and oxygen atoms in total. The van der Waals surface area contributed by atoms with Gasteiger partial charge in [-0.2, -0.15) is 0 Å². The molecule has 2 aliphatic heterocycles. The third-order valence-corrected chi connectivity index (χ3v) is 7.67. The highest BCUT2D eigenvalue weighted by molar-refractivity contribution is 7.98. The number of aryl methyl sites for hydroxylation is 2. The maximum atomic E-state index is 13.3. The van der Waals surface area contributed by atoms with Gasteiger partial charge in [-0.15, -0.1) is 11.8 Å². The lowest BCUT2D eigenvalue weighted by Gasteiger charge is -2.37. The summed E-state index contributed by atoms with van der Waals surface area (Å²) in [6.45, 7) is 9.02. The summed E-state index contributed by atoms with van der Waals surface area (Å²) in [5.74, 6) is 2.35. The average Bonchev–Trinajstić information content (AvgIpc) is 3.14.